The van der Waals surface area contributed by atoms with Crippen molar-refractivity contribution >= 4 is 27.6 Å². The van der Waals surface area contributed by atoms with Gasteiger partial charge in [0.15, 0.2) is 0 Å². The number of amides is 3. The highest BCUT2D eigenvalue weighted by Crippen LogP contribution is 2.20. The van der Waals surface area contributed by atoms with E-state index in [1.165, 1.54) is 52.8 Å². The van der Waals surface area contributed by atoms with Gasteiger partial charge in [0.05, 0.1) is 18.1 Å². The zero-order chi connectivity index (χ0) is 24.8. The number of ether oxygens (including phenoxy) is 1. The smallest absolute Gasteiger partial charge is 0.321 e. The molecule has 0 atom stereocenters. The highest BCUT2D eigenvalue weighted by atomic mass is 32.2. The minimum Gasteiger partial charge on any atom is -0.379 e. The molecule has 35 heavy (non-hydrogen) atoms. The molecule has 2 saturated heterocycles. The number of urea groups is 1. The van der Waals surface area contributed by atoms with E-state index in [2.05, 4.69) is 10.6 Å². The number of sulfonamides is 1. The molecule has 9 nitrogen and oxygen atoms in total. The van der Waals surface area contributed by atoms with Gasteiger partial charge < -0.3 is 20.3 Å². The summed E-state index contributed by atoms with van der Waals surface area (Å²) >= 11 is 0. The average molecular weight is 505 g/mol. The Hall–Kier alpha value is -3.02. The number of piperidine rings is 1. The van der Waals surface area contributed by atoms with E-state index in [1.807, 2.05) is 0 Å². The van der Waals surface area contributed by atoms with Crippen molar-refractivity contribution in [1.29, 1.82) is 0 Å². The van der Waals surface area contributed by atoms with Crippen LogP contribution in [0.1, 0.15) is 23.2 Å². The van der Waals surface area contributed by atoms with Crippen LogP contribution in [0.4, 0.5) is 14.9 Å². The minimum absolute atomic E-state index is 0.155. The van der Waals surface area contributed by atoms with Gasteiger partial charge in [0.1, 0.15) is 5.82 Å². The molecule has 0 saturated carbocycles. The Labute approximate surface area is 204 Å². The Morgan fingerprint density at radius 2 is 1.57 bits per heavy atom. The Morgan fingerprint density at radius 3 is 2.20 bits per heavy atom. The lowest BCUT2D eigenvalue weighted by atomic mass is 9.97. The number of morpholine rings is 1. The Bertz CT molecular complexity index is 1130. The Balaban J connectivity index is 1.22. The first kappa shape index (κ1) is 25.1. The van der Waals surface area contributed by atoms with Gasteiger partial charge in [-0.2, -0.15) is 4.31 Å². The molecule has 4 rings (SSSR count). The van der Waals surface area contributed by atoms with E-state index in [4.69, 9.17) is 4.74 Å². The lowest BCUT2D eigenvalue weighted by Crippen LogP contribution is -2.43. The molecular formula is C24H29FN4O5S. The molecule has 3 amide bonds. The molecule has 2 N–H and O–H groups in total. The summed E-state index contributed by atoms with van der Waals surface area (Å²) in [5.41, 5.74) is 0.927. The molecule has 0 aliphatic carbocycles. The third-order valence-corrected chi connectivity index (χ3v) is 8.19. The van der Waals surface area contributed by atoms with Crippen molar-refractivity contribution in [3.05, 3.63) is 59.9 Å². The standard InChI is InChI=1S/C24H29FN4O5S/c25-20-3-5-21(6-4-20)27-24(31)28-11-9-18(10-12-28)17-26-23(30)19-1-7-22(8-2-19)35(32,33)29-13-15-34-16-14-29/h1-8,18H,9-17H2,(H,26,30)(H,27,31). The third kappa shape index (κ3) is 6.36. The maximum atomic E-state index is 13.0. The number of nitrogens with zero attached hydrogens (tertiary/aromatic N) is 2. The van der Waals surface area contributed by atoms with Crippen molar-refractivity contribution in [2.24, 2.45) is 5.92 Å². The number of hydrogen-bond donors (Lipinski definition) is 2. The van der Waals surface area contributed by atoms with Gasteiger partial charge in [-0.1, -0.05) is 0 Å². The van der Waals surface area contributed by atoms with Crippen molar-refractivity contribution in [1.82, 2.24) is 14.5 Å². The number of hydrogen-bond acceptors (Lipinski definition) is 5. The number of anilines is 1. The van der Waals surface area contributed by atoms with Gasteiger partial charge in [-0.15, -0.1) is 0 Å². The lowest BCUT2D eigenvalue weighted by molar-refractivity contribution is 0.0730. The van der Waals surface area contributed by atoms with Crippen LogP contribution in [-0.4, -0.2) is 75.5 Å². The van der Waals surface area contributed by atoms with Gasteiger partial charge in [0.25, 0.3) is 5.91 Å². The zero-order valence-electron chi connectivity index (χ0n) is 19.3. The van der Waals surface area contributed by atoms with E-state index in [1.54, 1.807) is 4.90 Å². The average Bonchev–Trinajstić information content (AvgIpc) is 2.89. The van der Waals surface area contributed by atoms with Gasteiger partial charge >= 0.3 is 6.03 Å². The molecule has 188 valence electrons. The summed E-state index contributed by atoms with van der Waals surface area (Å²) in [7, 11) is -3.60. The fraction of sp³-hybridized carbons (Fsp3) is 0.417. The van der Waals surface area contributed by atoms with Crippen LogP contribution >= 0.6 is 0 Å². The van der Waals surface area contributed by atoms with E-state index >= 15 is 0 Å². The molecule has 2 aromatic rings. The van der Waals surface area contributed by atoms with Crippen LogP contribution in [0, 0.1) is 11.7 Å². The summed E-state index contributed by atoms with van der Waals surface area (Å²) in [4.78, 5) is 26.8. The van der Waals surface area contributed by atoms with E-state index in [-0.39, 0.29) is 28.6 Å². The maximum Gasteiger partial charge on any atom is 0.321 e. The molecule has 2 fully saturated rings. The molecule has 0 bridgehead atoms. The number of carbonyl (C=O) groups excluding carboxylic acids is 2. The summed E-state index contributed by atoms with van der Waals surface area (Å²) in [6.45, 7) is 2.97. The van der Waals surface area contributed by atoms with E-state index in [9.17, 15) is 22.4 Å². The van der Waals surface area contributed by atoms with Crippen LogP contribution in [-0.2, 0) is 14.8 Å². The monoisotopic (exact) mass is 504 g/mol. The van der Waals surface area contributed by atoms with Crippen molar-refractivity contribution < 1.29 is 27.1 Å². The van der Waals surface area contributed by atoms with Crippen LogP contribution in [0.5, 0.6) is 0 Å². The Morgan fingerprint density at radius 1 is 0.943 bits per heavy atom. The zero-order valence-corrected chi connectivity index (χ0v) is 20.1. The number of likely N-dealkylation sites (tertiary alicyclic amines) is 1. The lowest BCUT2D eigenvalue weighted by Gasteiger charge is -2.32. The predicted molar refractivity (Wildman–Crippen MR) is 128 cm³/mol. The first-order valence-corrected chi connectivity index (χ1v) is 13.0. The van der Waals surface area contributed by atoms with Crippen molar-refractivity contribution in [2.45, 2.75) is 17.7 Å². The van der Waals surface area contributed by atoms with E-state index < -0.39 is 10.0 Å². The van der Waals surface area contributed by atoms with Crippen LogP contribution < -0.4 is 10.6 Å². The summed E-state index contributed by atoms with van der Waals surface area (Å²) in [6, 6.07) is 11.3. The molecule has 2 heterocycles. The quantitative estimate of drug-likeness (QED) is 0.629. The molecule has 11 heteroatoms. The molecule has 0 aromatic heterocycles. The second kappa shape index (κ2) is 11.1. The van der Waals surface area contributed by atoms with Gasteiger partial charge in [0.2, 0.25) is 10.0 Å². The normalized spacial score (nSPS) is 17.7. The first-order valence-electron chi connectivity index (χ1n) is 11.6. The van der Waals surface area contributed by atoms with Crippen LogP contribution in [0.2, 0.25) is 0 Å². The van der Waals surface area contributed by atoms with Crippen molar-refractivity contribution in [3.8, 4) is 0 Å². The number of halogens is 1. The van der Waals surface area contributed by atoms with Crippen LogP contribution in [0.3, 0.4) is 0 Å². The highest BCUT2D eigenvalue weighted by molar-refractivity contribution is 7.89. The maximum absolute atomic E-state index is 13.0. The number of carbonyl (C=O) groups is 2. The van der Waals surface area contributed by atoms with Gasteiger partial charge in [-0.25, -0.2) is 17.6 Å². The molecule has 2 aliphatic heterocycles. The second-order valence-corrected chi connectivity index (χ2v) is 10.6. The molecule has 0 unspecified atom stereocenters. The first-order chi connectivity index (χ1) is 16.8. The van der Waals surface area contributed by atoms with E-state index in [0.717, 1.165) is 12.8 Å². The van der Waals surface area contributed by atoms with Crippen LogP contribution in [0.25, 0.3) is 0 Å². The summed E-state index contributed by atoms with van der Waals surface area (Å²) < 4.78 is 45.0. The molecular weight excluding hydrogens is 475 g/mol. The number of nitrogens with one attached hydrogen (secondary N) is 2. The SMILES string of the molecule is O=C(NCC1CCN(C(=O)Nc2ccc(F)cc2)CC1)c1ccc(S(=O)(=O)N2CCOCC2)cc1. The predicted octanol–water partition coefficient (Wildman–Crippen LogP) is 2.52. The molecule has 2 aromatic carbocycles. The second-order valence-electron chi connectivity index (χ2n) is 8.62. The van der Waals surface area contributed by atoms with E-state index in [0.29, 0.717) is 57.2 Å². The topological polar surface area (TPSA) is 108 Å². The molecule has 0 radical (unpaired) electrons. The van der Waals surface area contributed by atoms with Crippen LogP contribution in [0.15, 0.2) is 53.4 Å². The van der Waals surface area contributed by atoms with Gasteiger partial charge in [0, 0.05) is 44.0 Å². The minimum atomic E-state index is -3.60. The fourth-order valence-corrected chi connectivity index (χ4v) is 5.54. The van der Waals surface area contributed by atoms with Gasteiger partial charge in [-0.05, 0) is 67.3 Å². The van der Waals surface area contributed by atoms with Crippen molar-refractivity contribution in [3.63, 3.8) is 0 Å². The molecule has 0 spiro atoms. The number of benzene rings is 2. The largest absolute Gasteiger partial charge is 0.379 e. The number of rotatable bonds is 6. The highest BCUT2D eigenvalue weighted by Gasteiger charge is 2.27. The fourth-order valence-electron chi connectivity index (χ4n) is 4.13. The summed E-state index contributed by atoms with van der Waals surface area (Å²) in [5, 5.41) is 5.67. The van der Waals surface area contributed by atoms with Gasteiger partial charge in [-0.3, -0.25) is 4.79 Å². The summed E-state index contributed by atoms with van der Waals surface area (Å²) in [6.07, 6.45) is 1.49. The Kier molecular flexibility index (Phi) is 7.99. The molecule has 2 aliphatic rings. The summed E-state index contributed by atoms with van der Waals surface area (Å²) in [5.74, 6) is -0.397. The third-order valence-electron chi connectivity index (χ3n) is 6.27. The van der Waals surface area contributed by atoms with Crippen molar-refractivity contribution in [2.75, 3.05) is 51.3 Å².